The van der Waals surface area contributed by atoms with Gasteiger partial charge in [0, 0.05) is 26.2 Å². The van der Waals surface area contributed by atoms with Gasteiger partial charge in [0.1, 0.15) is 5.82 Å². The van der Waals surface area contributed by atoms with E-state index in [2.05, 4.69) is 5.32 Å². The van der Waals surface area contributed by atoms with E-state index in [0.717, 1.165) is 31.7 Å². The van der Waals surface area contributed by atoms with Crippen molar-refractivity contribution in [3.05, 3.63) is 35.6 Å². The van der Waals surface area contributed by atoms with E-state index in [1.165, 1.54) is 12.1 Å². The Hall–Kier alpha value is -1.13. The fourth-order valence-corrected chi connectivity index (χ4v) is 3.41. The van der Waals surface area contributed by atoms with Gasteiger partial charge in [-0.15, -0.1) is 12.4 Å². The van der Waals surface area contributed by atoms with Crippen molar-refractivity contribution in [2.45, 2.75) is 19.3 Å². The topological polar surface area (TPSA) is 32.3 Å². The Balaban J connectivity index is 0.00000161. The fourth-order valence-electron chi connectivity index (χ4n) is 3.41. The molecule has 0 unspecified atom stereocenters. The Kier molecular flexibility index (Phi) is 4.59. The minimum Gasteiger partial charge on any atom is -0.341 e. The monoisotopic (exact) mass is 312 g/mol. The molecule has 3 nitrogen and oxygen atoms in total. The van der Waals surface area contributed by atoms with Crippen LogP contribution in [-0.2, 0) is 10.2 Å². The third-order valence-electron chi connectivity index (χ3n) is 4.78. The molecule has 1 N–H and O–H groups in total. The SMILES string of the molecule is CC(C)(C(=O)N1C[C@H]2CNC[C@H]2C1)c1ccc(F)cc1.Cl. The molecular weight excluding hydrogens is 291 g/mol. The predicted octanol–water partition coefficient (Wildman–Crippen LogP) is 2.20. The van der Waals surface area contributed by atoms with Crippen LogP contribution in [0.15, 0.2) is 24.3 Å². The number of benzene rings is 1. The maximum absolute atomic E-state index is 13.0. The number of hydrogen-bond acceptors (Lipinski definition) is 2. The van der Waals surface area contributed by atoms with Crippen LogP contribution in [0.2, 0.25) is 0 Å². The van der Waals surface area contributed by atoms with Gasteiger partial charge in [-0.2, -0.15) is 0 Å². The molecule has 2 aliphatic heterocycles. The van der Waals surface area contributed by atoms with Crippen molar-refractivity contribution in [2.24, 2.45) is 11.8 Å². The van der Waals surface area contributed by atoms with Crippen molar-refractivity contribution >= 4 is 18.3 Å². The third-order valence-corrected chi connectivity index (χ3v) is 4.78. The summed E-state index contributed by atoms with van der Waals surface area (Å²) in [6, 6.07) is 6.28. The number of hydrogen-bond donors (Lipinski definition) is 1. The minimum atomic E-state index is -0.597. The zero-order chi connectivity index (χ0) is 14.3. The number of rotatable bonds is 2. The summed E-state index contributed by atoms with van der Waals surface area (Å²) in [6.07, 6.45) is 0. The third kappa shape index (κ3) is 2.92. The lowest BCUT2D eigenvalue weighted by molar-refractivity contribution is -0.135. The van der Waals surface area contributed by atoms with Crippen LogP contribution in [0.3, 0.4) is 0 Å². The molecule has 3 rings (SSSR count). The maximum atomic E-state index is 13.0. The second-order valence-corrected chi connectivity index (χ2v) is 6.52. The Morgan fingerprint density at radius 3 is 2.24 bits per heavy atom. The van der Waals surface area contributed by atoms with E-state index in [1.54, 1.807) is 12.1 Å². The van der Waals surface area contributed by atoms with Crippen molar-refractivity contribution in [3.63, 3.8) is 0 Å². The second-order valence-electron chi connectivity index (χ2n) is 6.52. The van der Waals surface area contributed by atoms with E-state index < -0.39 is 5.41 Å². The van der Waals surface area contributed by atoms with Crippen molar-refractivity contribution in [1.82, 2.24) is 10.2 Å². The molecule has 1 aromatic rings. The quantitative estimate of drug-likeness (QED) is 0.908. The van der Waals surface area contributed by atoms with Crippen LogP contribution >= 0.6 is 12.4 Å². The minimum absolute atomic E-state index is 0. The molecule has 0 aliphatic carbocycles. The lowest BCUT2D eigenvalue weighted by atomic mass is 9.83. The lowest BCUT2D eigenvalue weighted by Gasteiger charge is -2.30. The van der Waals surface area contributed by atoms with Gasteiger partial charge in [0.15, 0.2) is 0 Å². The molecule has 0 saturated carbocycles. The molecule has 1 amide bonds. The number of nitrogens with one attached hydrogen (secondary N) is 1. The first kappa shape index (κ1) is 16.2. The first-order chi connectivity index (χ1) is 9.48. The summed E-state index contributed by atoms with van der Waals surface area (Å²) in [5.41, 5.74) is 0.277. The van der Waals surface area contributed by atoms with Gasteiger partial charge in [-0.25, -0.2) is 4.39 Å². The van der Waals surface area contributed by atoms with Crippen LogP contribution in [-0.4, -0.2) is 37.0 Å². The van der Waals surface area contributed by atoms with Gasteiger partial charge in [-0.05, 0) is 43.4 Å². The Labute approximate surface area is 131 Å². The van der Waals surface area contributed by atoms with Gasteiger partial charge in [0.05, 0.1) is 5.41 Å². The molecule has 1 aromatic carbocycles. The van der Waals surface area contributed by atoms with Gasteiger partial charge >= 0.3 is 0 Å². The molecule has 0 spiro atoms. The maximum Gasteiger partial charge on any atom is 0.232 e. The molecule has 0 bridgehead atoms. The zero-order valence-corrected chi connectivity index (χ0v) is 13.3. The van der Waals surface area contributed by atoms with Crippen molar-refractivity contribution in [3.8, 4) is 0 Å². The van der Waals surface area contributed by atoms with E-state index in [1.807, 2.05) is 18.7 Å². The van der Waals surface area contributed by atoms with Gasteiger partial charge in [0.25, 0.3) is 0 Å². The Morgan fingerprint density at radius 2 is 1.71 bits per heavy atom. The van der Waals surface area contributed by atoms with Crippen LogP contribution in [0.1, 0.15) is 19.4 Å². The number of halogens is 2. The molecule has 0 radical (unpaired) electrons. The molecule has 2 saturated heterocycles. The van der Waals surface area contributed by atoms with Gasteiger partial charge in [-0.1, -0.05) is 12.1 Å². The molecule has 2 heterocycles. The second kappa shape index (κ2) is 5.93. The highest BCUT2D eigenvalue weighted by Crippen LogP contribution is 2.32. The largest absolute Gasteiger partial charge is 0.341 e. The van der Waals surface area contributed by atoms with Crippen LogP contribution in [0.5, 0.6) is 0 Å². The molecule has 5 heteroatoms. The number of amides is 1. The number of fused-ring (bicyclic) bond motifs is 1. The summed E-state index contributed by atoms with van der Waals surface area (Å²) in [4.78, 5) is 14.8. The van der Waals surface area contributed by atoms with E-state index in [9.17, 15) is 9.18 Å². The number of carbonyl (C=O) groups is 1. The van der Waals surface area contributed by atoms with Crippen molar-refractivity contribution < 1.29 is 9.18 Å². The van der Waals surface area contributed by atoms with Crippen molar-refractivity contribution in [2.75, 3.05) is 26.2 Å². The molecule has 0 aromatic heterocycles. The first-order valence-electron chi connectivity index (χ1n) is 7.24. The summed E-state index contributed by atoms with van der Waals surface area (Å²) in [5.74, 6) is 1.09. The molecule has 2 aliphatic rings. The van der Waals surface area contributed by atoms with E-state index in [4.69, 9.17) is 0 Å². The van der Waals surface area contributed by atoms with E-state index >= 15 is 0 Å². The average molecular weight is 313 g/mol. The standard InChI is InChI=1S/C16H21FN2O.ClH/c1-16(2,13-3-5-14(17)6-4-13)15(20)19-9-11-7-18-8-12(11)10-19;/h3-6,11-12,18H,7-10H2,1-2H3;1H/t11-,12+;. The summed E-state index contributed by atoms with van der Waals surface area (Å²) >= 11 is 0. The van der Waals surface area contributed by atoms with Crippen LogP contribution in [0, 0.1) is 17.7 Å². The zero-order valence-electron chi connectivity index (χ0n) is 12.4. The van der Waals surface area contributed by atoms with Gasteiger partial charge in [-0.3, -0.25) is 4.79 Å². The first-order valence-corrected chi connectivity index (χ1v) is 7.24. The van der Waals surface area contributed by atoms with Crippen LogP contribution in [0.25, 0.3) is 0 Å². The Morgan fingerprint density at radius 1 is 1.19 bits per heavy atom. The Bertz CT molecular complexity index is 506. The van der Waals surface area contributed by atoms with E-state index in [0.29, 0.717) is 11.8 Å². The molecule has 2 atom stereocenters. The molecule has 116 valence electrons. The normalized spacial score (nSPS) is 24.6. The van der Waals surface area contributed by atoms with Crippen LogP contribution in [0.4, 0.5) is 4.39 Å². The van der Waals surface area contributed by atoms with Gasteiger partial charge < -0.3 is 10.2 Å². The predicted molar refractivity (Wildman–Crippen MR) is 83.1 cm³/mol. The van der Waals surface area contributed by atoms with Gasteiger partial charge in [0.2, 0.25) is 5.91 Å². The lowest BCUT2D eigenvalue weighted by Crippen LogP contribution is -2.43. The van der Waals surface area contributed by atoms with Crippen LogP contribution < -0.4 is 5.32 Å². The molecule has 21 heavy (non-hydrogen) atoms. The molecule has 2 fully saturated rings. The number of likely N-dealkylation sites (tertiary alicyclic amines) is 1. The summed E-state index contributed by atoms with van der Waals surface area (Å²) < 4.78 is 13.0. The highest BCUT2D eigenvalue weighted by Gasteiger charge is 2.42. The number of nitrogens with zero attached hydrogens (tertiary/aromatic N) is 1. The summed E-state index contributed by atoms with van der Waals surface area (Å²) in [7, 11) is 0. The average Bonchev–Trinajstić information content (AvgIpc) is 2.99. The highest BCUT2D eigenvalue weighted by molar-refractivity contribution is 5.87. The van der Waals surface area contributed by atoms with Crippen molar-refractivity contribution in [1.29, 1.82) is 0 Å². The summed E-state index contributed by atoms with van der Waals surface area (Å²) in [5, 5.41) is 3.38. The number of carbonyl (C=O) groups excluding carboxylic acids is 1. The fraction of sp³-hybridized carbons (Fsp3) is 0.562. The summed E-state index contributed by atoms with van der Waals surface area (Å²) in [6.45, 7) is 7.59. The smallest absolute Gasteiger partial charge is 0.232 e. The molecular formula is C16H22ClFN2O. The van der Waals surface area contributed by atoms with E-state index in [-0.39, 0.29) is 24.1 Å². The highest BCUT2D eigenvalue weighted by atomic mass is 35.5.